The zero-order valence-corrected chi connectivity index (χ0v) is 15.2. The number of nitrogens with zero attached hydrogens (tertiary/aromatic N) is 4. The van der Waals surface area contributed by atoms with E-state index in [1.54, 1.807) is 29.0 Å². The van der Waals surface area contributed by atoms with Gasteiger partial charge in [0.1, 0.15) is 17.1 Å². The van der Waals surface area contributed by atoms with Crippen LogP contribution in [0.3, 0.4) is 0 Å². The van der Waals surface area contributed by atoms with Crippen LogP contribution in [0.4, 0.5) is 4.39 Å². The van der Waals surface area contributed by atoms with E-state index in [2.05, 4.69) is 9.97 Å². The van der Waals surface area contributed by atoms with Gasteiger partial charge in [-0.05, 0) is 29.6 Å². The Balaban J connectivity index is 1.75. The summed E-state index contributed by atoms with van der Waals surface area (Å²) < 4.78 is 20.7. The first-order valence-electron chi connectivity index (χ1n) is 8.48. The SMILES string of the molecule is Oc1c(Cc2ccco2)nc2c(-c3ccnc(F)c3)nc(-c3cccs3)cn12. The maximum Gasteiger partial charge on any atom is 0.219 e. The minimum Gasteiger partial charge on any atom is -0.493 e. The Labute approximate surface area is 162 Å². The van der Waals surface area contributed by atoms with Crippen molar-refractivity contribution in [2.24, 2.45) is 0 Å². The topological polar surface area (TPSA) is 76.5 Å². The van der Waals surface area contributed by atoms with Gasteiger partial charge >= 0.3 is 0 Å². The lowest BCUT2D eigenvalue weighted by molar-refractivity contribution is 0.438. The molecule has 0 amide bonds. The number of fused-ring (bicyclic) bond motifs is 1. The van der Waals surface area contributed by atoms with Crippen molar-refractivity contribution < 1.29 is 13.9 Å². The van der Waals surface area contributed by atoms with E-state index in [0.29, 0.717) is 40.5 Å². The fraction of sp³-hybridized carbons (Fsp3) is 0.0500. The molecule has 5 rings (SSSR count). The van der Waals surface area contributed by atoms with Gasteiger partial charge in [-0.15, -0.1) is 11.3 Å². The smallest absolute Gasteiger partial charge is 0.219 e. The van der Waals surface area contributed by atoms with Crippen molar-refractivity contribution in [3.63, 3.8) is 0 Å². The van der Waals surface area contributed by atoms with Gasteiger partial charge in [-0.3, -0.25) is 4.40 Å². The number of hydrogen-bond acceptors (Lipinski definition) is 6. The molecule has 0 aliphatic carbocycles. The predicted octanol–water partition coefficient (Wildman–Crippen LogP) is 4.55. The fourth-order valence-corrected chi connectivity index (χ4v) is 3.75. The van der Waals surface area contributed by atoms with E-state index in [9.17, 15) is 9.50 Å². The van der Waals surface area contributed by atoms with E-state index in [1.165, 1.54) is 23.6 Å². The summed E-state index contributed by atoms with van der Waals surface area (Å²) in [5.41, 5.74) is 2.55. The van der Waals surface area contributed by atoms with Gasteiger partial charge in [0.05, 0.1) is 23.3 Å². The van der Waals surface area contributed by atoms with E-state index >= 15 is 0 Å². The Morgan fingerprint density at radius 2 is 2.11 bits per heavy atom. The number of pyridine rings is 1. The molecular weight excluding hydrogens is 379 g/mol. The molecule has 0 aliphatic rings. The molecule has 5 aromatic rings. The van der Waals surface area contributed by atoms with Crippen molar-refractivity contribution in [1.82, 2.24) is 19.4 Å². The van der Waals surface area contributed by atoms with Crippen LogP contribution < -0.4 is 0 Å². The molecule has 6 nitrogen and oxygen atoms in total. The lowest BCUT2D eigenvalue weighted by Gasteiger charge is -2.07. The van der Waals surface area contributed by atoms with Crippen LogP contribution in [0.5, 0.6) is 5.88 Å². The quantitative estimate of drug-likeness (QED) is 0.454. The van der Waals surface area contributed by atoms with Crippen molar-refractivity contribution in [3.8, 4) is 27.7 Å². The number of aromatic nitrogens is 4. The van der Waals surface area contributed by atoms with E-state index in [4.69, 9.17) is 9.40 Å². The number of hydrogen-bond donors (Lipinski definition) is 1. The van der Waals surface area contributed by atoms with Crippen LogP contribution in [0.2, 0.25) is 0 Å². The second kappa shape index (κ2) is 6.58. The maximum atomic E-state index is 13.7. The van der Waals surface area contributed by atoms with Gasteiger partial charge in [-0.25, -0.2) is 15.0 Å². The third kappa shape index (κ3) is 2.84. The minimum absolute atomic E-state index is 0.00221. The van der Waals surface area contributed by atoms with E-state index < -0.39 is 5.95 Å². The summed E-state index contributed by atoms with van der Waals surface area (Å²) in [5, 5.41) is 12.7. The van der Waals surface area contributed by atoms with E-state index in [1.807, 2.05) is 23.6 Å². The highest BCUT2D eigenvalue weighted by Gasteiger charge is 2.19. The van der Waals surface area contributed by atoms with Crippen molar-refractivity contribution in [1.29, 1.82) is 0 Å². The minimum atomic E-state index is -0.606. The van der Waals surface area contributed by atoms with Crippen LogP contribution in [0.1, 0.15) is 11.5 Å². The third-order valence-corrected chi connectivity index (χ3v) is 5.24. The summed E-state index contributed by atoms with van der Waals surface area (Å²) in [6.07, 6.45) is 5.02. The van der Waals surface area contributed by atoms with Crippen LogP contribution >= 0.6 is 11.3 Å². The number of aromatic hydroxyl groups is 1. The van der Waals surface area contributed by atoms with Crippen LogP contribution in [0, 0.1) is 5.95 Å². The first kappa shape index (κ1) is 16.6. The highest BCUT2D eigenvalue weighted by molar-refractivity contribution is 7.13. The Kier molecular flexibility index (Phi) is 3.91. The van der Waals surface area contributed by atoms with Crippen molar-refractivity contribution >= 4 is 17.0 Å². The van der Waals surface area contributed by atoms with Gasteiger partial charge in [0.2, 0.25) is 11.8 Å². The molecule has 0 radical (unpaired) electrons. The largest absolute Gasteiger partial charge is 0.493 e. The molecule has 1 N–H and O–H groups in total. The zero-order chi connectivity index (χ0) is 19.1. The number of thiophene rings is 1. The second-order valence-corrected chi connectivity index (χ2v) is 7.10. The Morgan fingerprint density at radius 3 is 2.86 bits per heavy atom. The monoisotopic (exact) mass is 392 g/mol. The summed E-state index contributed by atoms with van der Waals surface area (Å²) in [4.78, 5) is 13.8. The number of rotatable bonds is 4. The van der Waals surface area contributed by atoms with Crippen molar-refractivity contribution in [2.45, 2.75) is 6.42 Å². The molecule has 8 heteroatoms. The Hall–Kier alpha value is -3.52. The number of halogens is 1. The highest BCUT2D eigenvalue weighted by atomic mass is 32.1. The summed E-state index contributed by atoms with van der Waals surface area (Å²) in [6.45, 7) is 0. The zero-order valence-electron chi connectivity index (χ0n) is 14.4. The first-order chi connectivity index (χ1) is 13.7. The molecule has 0 saturated carbocycles. The van der Waals surface area contributed by atoms with Crippen LogP contribution in [0.25, 0.3) is 27.5 Å². The standard InChI is InChI=1S/C20H13FN4O2S/c21-17-9-12(5-6-22-17)18-19-24-14(10-13-3-1-7-27-13)20(26)25(19)11-15(23-18)16-4-2-8-28-16/h1-9,11,26H,10H2. The summed E-state index contributed by atoms with van der Waals surface area (Å²) >= 11 is 1.53. The molecule has 28 heavy (non-hydrogen) atoms. The lowest BCUT2D eigenvalue weighted by Crippen LogP contribution is -1.96. The van der Waals surface area contributed by atoms with Crippen molar-refractivity contribution in [3.05, 3.63) is 77.8 Å². The van der Waals surface area contributed by atoms with Gasteiger partial charge < -0.3 is 9.52 Å². The lowest BCUT2D eigenvalue weighted by atomic mass is 10.2. The molecular formula is C20H13FN4O2S. The highest BCUT2D eigenvalue weighted by Crippen LogP contribution is 2.32. The van der Waals surface area contributed by atoms with Crippen LogP contribution in [-0.2, 0) is 6.42 Å². The van der Waals surface area contributed by atoms with Crippen LogP contribution in [-0.4, -0.2) is 24.5 Å². The first-order valence-corrected chi connectivity index (χ1v) is 9.36. The van der Waals surface area contributed by atoms with Gasteiger partial charge in [0.25, 0.3) is 0 Å². The maximum absolute atomic E-state index is 13.7. The summed E-state index contributed by atoms with van der Waals surface area (Å²) in [5.74, 6) is 0.0783. The molecule has 138 valence electrons. The molecule has 0 atom stereocenters. The molecule has 0 bridgehead atoms. The molecule has 5 heterocycles. The van der Waals surface area contributed by atoms with E-state index in [-0.39, 0.29) is 5.88 Å². The molecule has 0 aliphatic heterocycles. The average Bonchev–Trinajstić information content (AvgIpc) is 3.45. The average molecular weight is 392 g/mol. The summed E-state index contributed by atoms with van der Waals surface area (Å²) in [6, 6.07) is 10.4. The Morgan fingerprint density at radius 1 is 1.18 bits per heavy atom. The van der Waals surface area contributed by atoms with Crippen molar-refractivity contribution in [2.75, 3.05) is 0 Å². The molecule has 5 aromatic heterocycles. The van der Waals surface area contributed by atoms with Gasteiger partial charge in [0.15, 0.2) is 5.65 Å². The molecule has 0 aromatic carbocycles. The number of furan rings is 1. The molecule has 0 fully saturated rings. The molecule has 0 saturated heterocycles. The second-order valence-electron chi connectivity index (χ2n) is 6.15. The predicted molar refractivity (Wildman–Crippen MR) is 103 cm³/mol. The normalized spacial score (nSPS) is 11.3. The van der Waals surface area contributed by atoms with Gasteiger partial charge in [-0.2, -0.15) is 4.39 Å². The fourth-order valence-electron chi connectivity index (χ4n) is 3.07. The van der Waals surface area contributed by atoms with Gasteiger partial charge in [0, 0.05) is 24.0 Å². The molecule has 0 unspecified atom stereocenters. The summed E-state index contributed by atoms with van der Waals surface area (Å²) in [7, 11) is 0. The van der Waals surface area contributed by atoms with Gasteiger partial charge in [-0.1, -0.05) is 6.07 Å². The van der Waals surface area contributed by atoms with E-state index in [0.717, 1.165) is 4.88 Å². The van der Waals surface area contributed by atoms with Crippen LogP contribution in [0.15, 0.2) is 64.9 Å². The Bertz CT molecular complexity index is 1260. The number of imidazole rings is 1. The third-order valence-electron chi connectivity index (χ3n) is 4.35. The molecule has 0 spiro atoms.